The van der Waals surface area contributed by atoms with Crippen LogP contribution in [0.4, 0.5) is 0 Å². The molecule has 0 amide bonds. The van der Waals surface area contributed by atoms with E-state index in [0.29, 0.717) is 5.75 Å². The van der Waals surface area contributed by atoms with Gasteiger partial charge in [-0.1, -0.05) is 0 Å². The van der Waals surface area contributed by atoms with Crippen molar-refractivity contribution in [3.05, 3.63) is 16.4 Å². The molecule has 0 bridgehead atoms. The maximum absolute atomic E-state index is 11.0. The lowest BCUT2D eigenvalue weighted by Gasteiger charge is -2.02. The molecule has 0 radical (unpaired) electrons. The summed E-state index contributed by atoms with van der Waals surface area (Å²) in [6.07, 6.45) is 1.85. The first-order chi connectivity index (χ1) is 6.67. The molecule has 0 aliphatic carbocycles. The van der Waals surface area contributed by atoms with Crippen molar-refractivity contribution in [3.63, 3.8) is 0 Å². The average molecular weight is 240 g/mol. The molecule has 0 unspecified atom stereocenters. The fourth-order valence-corrected chi connectivity index (χ4v) is 0.934. The fraction of sp³-hybridized carbons (Fsp3) is 0.571. The molecule has 0 aromatic heterocycles. The number of halogens is 1. The van der Waals surface area contributed by atoms with Crippen LogP contribution in [0.25, 0.3) is 0 Å². The topological polar surface area (TPSA) is 76.0 Å². The minimum atomic E-state index is -0.952. The second-order valence-corrected chi connectivity index (χ2v) is 3.40. The van der Waals surface area contributed by atoms with Crippen molar-refractivity contribution >= 4 is 29.3 Å². The minimum absolute atomic E-state index is 0.161. The van der Waals surface area contributed by atoms with Gasteiger partial charge in [0, 0.05) is 5.75 Å². The quantitative estimate of drug-likeness (QED) is 0.191. The summed E-state index contributed by atoms with van der Waals surface area (Å²) >= 11 is 6.70. The van der Waals surface area contributed by atoms with Crippen molar-refractivity contribution in [2.24, 2.45) is 5.18 Å². The van der Waals surface area contributed by atoms with E-state index in [1.54, 1.807) is 0 Å². The molecule has 0 aromatic rings. The number of ether oxygens (including phenoxy) is 1. The zero-order valence-electron chi connectivity index (χ0n) is 7.53. The molecule has 5 nitrogen and oxygen atoms in total. The van der Waals surface area contributed by atoms with Crippen LogP contribution in [0.15, 0.2) is 16.6 Å². The highest BCUT2D eigenvalue weighted by molar-refractivity contribution is 7.98. The molecule has 0 spiro atoms. The normalized spacial score (nSPS) is 11.9. The number of carbonyl (C=O) groups is 1. The second-order valence-electron chi connectivity index (χ2n) is 2.15. The fourth-order valence-electron chi connectivity index (χ4n) is 0.557. The maximum Gasteiger partial charge on any atom is 0.364 e. The zero-order chi connectivity index (χ0) is 11.0. The number of allylic oxidation sites excluding steroid dienone is 1. The molecule has 0 saturated carbocycles. The van der Waals surface area contributed by atoms with Crippen molar-refractivity contribution in [1.29, 1.82) is 0 Å². The number of aliphatic hydroxyl groups is 1. The van der Waals surface area contributed by atoms with E-state index in [-0.39, 0.29) is 12.5 Å². The summed E-state index contributed by atoms with van der Waals surface area (Å²) in [5.41, 5.74) is -0.666. The highest BCUT2D eigenvalue weighted by Gasteiger charge is 2.17. The highest BCUT2D eigenvalue weighted by atomic mass is 35.5. The van der Waals surface area contributed by atoms with Crippen molar-refractivity contribution in [1.82, 2.24) is 0 Å². The van der Waals surface area contributed by atoms with Crippen LogP contribution in [-0.4, -0.2) is 35.6 Å². The Labute approximate surface area is 90.4 Å². The lowest BCUT2D eigenvalue weighted by molar-refractivity contribution is -0.138. The molecule has 0 aromatic carbocycles. The first-order valence-electron chi connectivity index (χ1n) is 3.64. The molecular formula is C7H10ClNO4S. The molecule has 0 rings (SSSR count). The molecule has 0 saturated heterocycles. The van der Waals surface area contributed by atoms with Gasteiger partial charge < -0.3 is 9.84 Å². The van der Waals surface area contributed by atoms with Gasteiger partial charge in [-0.05, 0) is 11.4 Å². The summed E-state index contributed by atoms with van der Waals surface area (Å²) < 4.78 is 4.63. The summed E-state index contributed by atoms with van der Waals surface area (Å²) in [5.74, 6) is -1.26. The van der Waals surface area contributed by atoms with Crippen molar-refractivity contribution in [3.8, 4) is 0 Å². The van der Waals surface area contributed by atoms with Crippen molar-refractivity contribution < 1.29 is 14.6 Å². The SMILES string of the molecule is CSCCOC(=O)C(N=O)=C(O)CCl. The molecule has 0 aliphatic heterocycles. The lowest BCUT2D eigenvalue weighted by Crippen LogP contribution is -2.11. The van der Waals surface area contributed by atoms with Gasteiger partial charge in [-0.2, -0.15) is 11.8 Å². The largest absolute Gasteiger partial charge is 0.508 e. The smallest absolute Gasteiger partial charge is 0.364 e. The lowest BCUT2D eigenvalue weighted by atomic mass is 10.4. The van der Waals surface area contributed by atoms with Gasteiger partial charge in [0.1, 0.15) is 12.4 Å². The number of alkyl halides is 1. The number of hydrogen-bond acceptors (Lipinski definition) is 6. The standard InChI is InChI=1S/C7H10ClNO4S/c1-14-3-2-13-7(11)6(9-12)5(10)4-8/h10H,2-4H2,1H3. The monoisotopic (exact) mass is 239 g/mol. The Hall–Kier alpha value is -0.750. The number of nitrogens with zero attached hydrogens (tertiary/aromatic N) is 1. The second kappa shape index (κ2) is 7.64. The third-order valence-electron chi connectivity index (χ3n) is 1.21. The minimum Gasteiger partial charge on any atom is -0.508 e. The maximum atomic E-state index is 11.0. The van der Waals surface area contributed by atoms with E-state index >= 15 is 0 Å². The van der Waals surface area contributed by atoms with Crippen LogP contribution in [0, 0.1) is 4.91 Å². The highest BCUT2D eigenvalue weighted by Crippen LogP contribution is 2.07. The molecule has 0 fully saturated rings. The Bertz CT molecular complexity index is 244. The molecule has 14 heavy (non-hydrogen) atoms. The van der Waals surface area contributed by atoms with Gasteiger partial charge in [-0.15, -0.1) is 16.5 Å². The van der Waals surface area contributed by atoms with E-state index < -0.39 is 17.4 Å². The predicted octanol–water partition coefficient (Wildman–Crippen LogP) is 1.67. The summed E-state index contributed by atoms with van der Waals surface area (Å²) in [7, 11) is 0. The zero-order valence-corrected chi connectivity index (χ0v) is 9.10. The van der Waals surface area contributed by atoms with Crippen LogP contribution in [0.2, 0.25) is 0 Å². The Kier molecular flexibility index (Phi) is 7.23. The number of rotatable bonds is 6. The summed E-state index contributed by atoms with van der Waals surface area (Å²) in [4.78, 5) is 21.2. The van der Waals surface area contributed by atoms with Crippen LogP contribution in [0.5, 0.6) is 0 Å². The summed E-state index contributed by atoms with van der Waals surface area (Å²) in [6, 6.07) is 0. The number of thioether (sulfide) groups is 1. The molecule has 80 valence electrons. The molecular weight excluding hydrogens is 230 g/mol. The van der Waals surface area contributed by atoms with Gasteiger partial charge in [0.15, 0.2) is 0 Å². The van der Waals surface area contributed by atoms with Gasteiger partial charge in [0.2, 0.25) is 5.70 Å². The Morgan fingerprint density at radius 3 is 2.71 bits per heavy atom. The summed E-state index contributed by atoms with van der Waals surface area (Å²) in [6.45, 7) is 0.161. The molecule has 0 aliphatic rings. The summed E-state index contributed by atoms with van der Waals surface area (Å²) in [5, 5.41) is 11.3. The van der Waals surface area contributed by atoms with Crippen LogP contribution in [0.3, 0.4) is 0 Å². The number of carbonyl (C=O) groups excluding carboxylic acids is 1. The van der Waals surface area contributed by atoms with E-state index in [0.717, 1.165) is 0 Å². The van der Waals surface area contributed by atoms with Crippen LogP contribution >= 0.6 is 23.4 Å². The number of nitroso groups, excluding NO2 is 1. The first kappa shape index (κ1) is 13.2. The number of aliphatic hydroxyl groups excluding tert-OH is 1. The molecule has 7 heteroatoms. The average Bonchev–Trinajstić information content (AvgIpc) is 2.19. The Balaban J connectivity index is 4.26. The van der Waals surface area contributed by atoms with Crippen molar-refractivity contribution in [2.75, 3.05) is 24.5 Å². The Morgan fingerprint density at radius 1 is 1.64 bits per heavy atom. The van der Waals surface area contributed by atoms with E-state index in [2.05, 4.69) is 9.91 Å². The molecule has 0 heterocycles. The van der Waals surface area contributed by atoms with Crippen molar-refractivity contribution in [2.45, 2.75) is 0 Å². The van der Waals surface area contributed by atoms with Gasteiger partial charge in [0.25, 0.3) is 0 Å². The number of esters is 1. The van der Waals surface area contributed by atoms with E-state index in [1.807, 2.05) is 6.26 Å². The predicted molar refractivity (Wildman–Crippen MR) is 55.5 cm³/mol. The first-order valence-corrected chi connectivity index (χ1v) is 5.57. The molecule has 1 N–H and O–H groups in total. The third kappa shape index (κ3) is 4.48. The van der Waals surface area contributed by atoms with E-state index in [4.69, 9.17) is 16.7 Å². The third-order valence-corrected chi connectivity index (χ3v) is 2.03. The van der Waals surface area contributed by atoms with Crippen LogP contribution in [0.1, 0.15) is 0 Å². The van der Waals surface area contributed by atoms with Gasteiger partial charge in [0.05, 0.1) is 5.88 Å². The Morgan fingerprint density at radius 2 is 2.29 bits per heavy atom. The van der Waals surface area contributed by atoms with Gasteiger partial charge in [-0.25, -0.2) is 4.79 Å². The number of hydrogen-bond donors (Lipinski definition) is 1. The van der Waals surface area contributed by atoms with Crippen LogP contribution < -0.4 is 0 Å². The van der Waals surface area contributed by atoms with E-state index in [1.165, 1.54) is 11.8 Å². The van der Waals surface area contributed by atoms with Gasteiger partial charge in [-0.3, -0.25) is 0 Å². The molecule has 0 atom stereocenters. The van der Waals surface area contributed by atoms with Gasteiger partial charge >= 0.3 is 5.97 Å². The van der Waals surface area contributed by atoms with E-state index in [9.17, 15) is 9.70 Å². The van der Waals surface area contributed by atoms with Crippen LogP contribution in [-0.2, 0) is 9.53 Å².